The first-order valence-corrected chi connectivity index (χ1v) is 9.13. The van der Waals surface area contributed by atoms with E-state index in [1.807, 2.05) is 18.2 Å². The number of benzene rings is 2. The smallest absolute Gasteiger partial charge is 0.246 e. The van der Waals surface area contributed by atoms with Crippen molar-refractivity contribution in [3.05, 3.63) is 64.9 Å². The van der Waals surface area contributed by atoms with E-state index >= 15 is 0 Å². The molecule has 1 aliphatic rings. The molecule has 2 aromatic rings. The molecule has 0 aromatic heterocycles. The number of hydrogen-bond donors (Lipinski definition) is 1. The zero-order chi connectivity index (χ0) is 18.0. The Hall–Kier alpha value is -2.05. The molecule has 1 fully saturated rings. The summed E-state index contributed by atoms with van der Waals surface area (Å²) >= 11 is 7.69. The maximum atomic E-state index is 13.3. The summed E-state index contributed by atoms with van der Waals surface area (Å²) in [6.45, 7) is 1.66. The van der Waals surface area contributed by atoms with Crippen molar-refractivity contribution >= 4 is 40.9 Å². The molecule has 7 heteroatoms. The van der Waals surface area contributed by atoms with E-state index in [2.05, 4.69) is 5.32 Å². The molecule has 1 saturated heterocycles. The molecule has 1 aliphatic heterocycles. The maximum Gasteiger partial charge on any atom is 0.246 e. The van der Waals surface area contributed by atoms with Crippen LogP contribution < -0.4 is 5.32 Å². The highest BCUT2D eigenvalue weighted by Gasteiger charge is 2.39. The van der Waals surface area contributed by atoms with Crippen molar-refractivity contribution in [3.63, 3.8) is 0 Å². The summed E-state index contributed by atoms with van der Waals surface area (Å²) in [5.74, 6) is -0.657. The van der Waals surface area contributed by atoms with Crippen LogP contribution >= 0.6 is 23.4 Å². The van der Waals surface area contributed by atoms with Crippen LogP contribution in [-0.4, -0.2) is 28.5 Å². The second kappa shape index (κ2) is 7.45. The first kappa shape index (κ1) is 17.8. The molecule has 25 heavy (non-hydrogen) atoms. The molecule has 1 N–H and O–H groups in total. The molecule has 0 bridgehead atoms. The first-order valence-electron chi connectivity index (χ1n) is 7.71. The Labute approximate surface area is 154 Å². The van der Waals surface area contributed by atoms with Crippen LogP contribution in [0.4, 0.5) is 10.1 Å². The Bertz CT molecular complexity index is 817. The number of nitrogens with zero attached hydrogens (tertiary/aromatic N) is 1. The summed E-state index contributed by atoms with van der Waals surface area (Å²) in [7, 11) is 0. The minimum atomic E-state index is -0.716. The highest BCUT2D eigenvalue weighted by atomic mass is 35.5. The summed E-state index contributed by atoms with van der Waals surface area (Å²) < 4.78 is 13.3. The summed E-state index contributed by atoms with van der Waals surface area (Å²) in [6.07, 6.45) is 0. The number of halogens is 2. The Kier molecular flexibility index (Phi) is 5.30. The molecule has 3 rings (SSSR count). The fourth-order valence-corrected chi connectivity index (χ4v) is 4.31. The average Bonchev–Trinajstić information content (AvgIpc) is 2.96. The van der Waals surface area contributed by atoms with Crippen LogP contribution in [0.2, 0.25) is 5.02 Å². The molecule has 0 spiro atoms. The van der Waals surface area contributed by atoms with E-state index in [1.165, 1.54) is 34.9 Å². The third-order valence-corrected chi connectivity index (χ3v) is 5.52. The van der Waals surface area contributed by atoms with Gasteiger partial charge in [0, 0.05) is 16.3 Å². The normalized spacial score (nSPS) is 18.3. The monoisotopic (exact) mass is 378 g/mol. The third-order valence-electron chi connectivity index (χ3n) is 3.97. The Morgan fingerprint density at radius 2 is 2.08 bits per heavy atom. The van der Waals surface area contributed by atoms with E-state index < -0.39 is 11.9 Å². The van der Waals surface area contributed by atoms with E-state index in [9.17, 15) is 14.0 Å². The van der Waals surface area contributed by atoms with Crippen molar-refractivity contribution in [3.8, 4) is 0 Å². The molecule has 0 aliphatic carbocycles. The van der Waals surface area contributed by atoms with Gasteiger partial charge in [0.15, 0.2) is 0 Å². The fraction of sp³-hybridized carbons (Fsp3) is 0.222. The lowest BCUT2D eigenvalue weighted by Crippen LogP contribution is -2.44. The zero-order valence-corrected chi connectivity index (χ0v) is 15.0. The molecule has 4 nitrogen and oxygen atoms in total. The van der Waals surface area contributed by atoms with Crippen molar-refractivity contribution in [1.29, 1.82) is 0 Å². The number of anilines is 1. The van der Waals surface area contributed by atoms with Crippen LogP contribution in [-0.2, 0) is 9.59 Å². The number of amides is 2. The molecule has 2 atom stereocenters. The standard InChI is InChI=1S/C18H16ClFN2O2S/c1-11(17(24)21-13-6-4-5-12(20)9-13)22-16(23)10-25-18(22)14-7-2-3-8-15(14)19/h2-9,11,18H,10H2,1H3,(H,21,24). The molecule has 1 heterocycles. The predicted molar refractivity (Wildman–Crippen MR) is 98.0 cm³/mol. The topological polar surface area (TPSA) is 49.4 Å². The minimum absolute atomic E-state index is 0.128. The van der Waals surface area contributed by atoms with Crippen LogP contribution in [0.1, 0.15) is 17.9 Å². The van der Waals surface area contributed by atoms with Crippen LogP contribution in [0.25, 0.3) is 0 Å². The summed E-state index contributed by atoms with van der Waals surface area (Å²) in [5, 5.41) is 2.88. The average molecular weight is 379 g/mol. The van der Waals surface area contributed by atoms with Gasteiger partial charge in [0.1, 0.15) is 17.2 Å². The van der Waals surface area contributed by atoms with Crippen LogP contribution in [0.3, 0.4) is 0 Å². The molecular formula is C18H16ClFN2O2S. The number of nitrogens with one attached hydrogen (secondary N) is 1. The Morgan fingerprint density at radius 3 is 2.80 bits per heavy atom. The lowest BCUT2D eigenvalue weighted by Gasteiger charge is -2.30. The predicted octanol–water partition coefficient (Wildman–Crippen LogP) is 4.08. The molecule has 2 unspecified atom stereocenters. The number of carbonyl (C=O) groups is 2. The van der Waals surface area contributed by atoms with Crippen molar-refractivity contribution in [2.24, 2.45) is 0 Å². The number of thioether (sulfide) groups is 1. The lowest BCUT2D eigenvalue weighted by molar-refractivity contribution is -0.135. The largest absolute Gasteiger partial charge is 0.324 e. The second-order valence-corrected chi connectivity index (χ2v) is 7.14. The van der Waals surface area contributed by atoms with E-state index in [0.29, 0.717) is 10.7 Å². The van der Waals surface area contributed by atoms with Gasteiger partial charge in [0.25, 0.3) is 0 Å². The number of carbonyl (C=O) groups excluding carboxylic acids is 2. The van der Waals surface area contributed by atoms with Gasteiger partial charge in [0.2, 0.25) is 11.8 Å². The third kappa shape index (κ3) is 3.80. The molecular weight excluding hydrogens is 363 g/mol. The fourth-order valence-electron chi connectivity index (χ4n) is 2.71. The lowest BCUT2D eigenvalue weighted by atomic mass is 10.1. The minimum Gasteiger partial charge on any atom is -0.324 e. The van der Waals surface area contributed by atoms with Crippen molar-refractivity contribution < 1.29 is 14.0 Å². The van der Waals surface area contributed by atoms with Gasteiger partial charge in [-0.25, -0.2) is 4.39 Å². The molecule has 2 amide bonds. The van der Waals surface area contributed by atoms with Gasteiger partial charge in [0.05, 0.1) is 5.75 Å². The van der Waals surface area contributed by atoms with Gasteiger partial charge >= 0.3 is 0 Å². The van der Waals surface area contributed by atoms with Crippen LogP contribution in [0, 0.1) is 5.82 Å². The summed E-state index contributed by atoms with van der Waals surface area (Å²) in [4.78, 5) is 26.4. The van der Waals surface area contributed by atoms with Crippen LogP contribution in [0.15, 0.2) is 48.5 Å². The zero-order valence-electron chi connectivity index (χ0n) is 13.4. The van der Waals surface area contributed by atoms with E-state index in [1.54, 1.807) is 19.1 Å². The summed E-state index contributed by atoms with van der Waals surface area (Å²) in [6, 6.07) is 12.2. The SMILES string of the molecule is CC(C(=O)Nc1cccc(F)c1)N1C(=O)CSC1c1ccccc1Cl. The van der Waals surface area contributed by atoms with Crippen molar-refractivity contribution in [1.82, 2.24) is 4.90 Å². The molecule has 0 saturated carbocycles. The first-order chi connectivity index (χ1) is 12.0. The molecule has 130 valence electrons. The van der Waals surface area contributed by atoms with Crippen LogP contribution in [0.5, 0.6) is 0 Å². The number of rotatable bonds is 4. The van der Waals surface area contributed by atoms with Gasteiger partial charge < -0.3 is 10.2 Å². The van der Waals surface area contributed by atoms with E-state index in [-0.39, 0.29) is 22.9 Å². The highest BCUT2D eigenvalue weighted by Crippen LogP contribution is 2.42. The van der Waals surface area contributed by atoms with E-state index in [4.69, 9.17) is 11.6 Å². The highest BCUT2D eigenvalue weighted by molar-refractivity contribution is 8.00. The number of hydrogen-bond acceptors (Lipinski definition) is 3. The van der Waals surface area contributed by atoms with E-state index in [0.717, 1.165) is 5.56 Å². The van der Waals surface area contributed by atoms with Gasteiger partial charge in [-0.15, -0.1) is 11.8 Å². The second-order valence-electron chi connectivity index (χ2n) is 5.66. The van der Waals surface area contributed by atoms with Gasteiger partial charge in [-0.1, -0.05) is 35.9 Å². The maximum absolute atomic E-state index is 13.3. The van der Waals surface area contributed by atoms with Crippen molar-refractivity contribution in [2.75, 3.05) is 11.1 Å². The summed E-state index contributed by atoms with van der Waals surface area (Å²) in [5.41, 5.74) is 1.15. The quantitative estimate of drug-likeness (QED) is 0.872. The Morgan fingerprint density at radius 1 is 1.32 bits per heavy atom. The van der Waals surface area contributed by atoms with Crippen molar-refractivity contribution in [2.45, 2.75) is 18.3 Å². The molecule has 2 aromatic carbocycles. The van der Waals surface area contributed by atoms with Gasteiger partial charge in [-0.3, -0.25) is 9.59 Å². The van der Waals surface area contributed by atoms with Gasteiger partial charge in [-0.2, -0.15) is 0 Å². The van der Waals surface area contributed by atoms with Gasteiger partial charge in [-0.05, 0) is 31.2 Å². The molecule has 0 radical (unpaired) electrons. The Balaban J connectivity index is 1.81.